The molecule has 0 saturated carbocycles. The highest BCUT2D eigenvalue weighted by molar-refractivity contribution is 5.41. The Morgan fingerprint density at radius 3 is 3.07 bits per heavy atom. The van der Waals surface area contributed by atoms with Crippen molar-refractivity contribution >= 4 is 0 Å². The molecule has 0 aliphatic carbocycles. The zero-order chi connectivity index (χ0) is 10.8. The number of fused-ring (bicyclic) bond motifs is 1. The van der Waals surface area contributed by atoms with Gasteiger partial charge in [-0.15, -0.1) is 0 Å². The van der Waals surface area contributed by atoms with Gasteiger partial charge >= 0.3 is 0 Å². The summed E-state index contributed by atoms with van der Waals surface area (Å²) >= 11 is 0. The molecular weight excluding hydrogens is 198 g/mol. The minimum absolute atomic E-state index is 0.145. The summed E-state index contributed by atoms with van der Waals surface area (Å²) in [5, 5.41) is 10.6. The largest absolute Gasteiger partial charge is 0.497 e. The molecule has 5 nitrogen and oxygen atoms in total. The number of nitrogens with zero attached hydrogens (tertiary/aromatic N) is 1. The molecule has 0 aromatic heterocycles. The lowest BCUT2D eigenvalue weighted by Gasteiger charge is -2.20. The molecule has 2 rings (SSSR count). The minimum atomic E-state index is -0.649. The van der Waals surface area contributed by atoms with E-state index in [-0.39, 0.29) is 11.5 Å². The Balaban J connectivity index is 2.27. The van der Waals surface area contributed by atoms with Crippen LogP contribution in [0.1, 0.15) is 5.56 Å². The number of ether oxygens (including phenoxy) is 2. The topological polar surface area (TPSA) is 61.6 Å². The van der Waals surface area contributed by atoms with Crippen molar-refractivity contribution < 1.29 is 14.4 Å². The van der Waals surface area contributed by atoms with Crippen LogP contribution in [-0.4, -0.2) is 24.7 Å². The molecule has 0 spiro atoms. The number of methoxy groups -OCH3 is 1. The van der Waals surface area contributed by atoms with Crippen molar-refractivity contribution in [3.63, 3.8) is 0 Å². The SMILES string of the molecule is COc1ccc2c(c1)CC([N+](=O)[O-])CO2. The molecule has 0 N–H and O–H groups in total. The maximum absolute atomic E-state index is 10.6. The minimum Gasteiger partial charge on any atom is -0.497 e. The van der Waals surface area contributed by atoms with Gasteiger partial charge in [0.25, 0.3) is 6.04 Å². The van der Waals surface area contributed by atoms with Crippen molar-refractivity contribution in [1.29, 1.82) is 0 Å². The maximum Gasteiger partial charge on any atom is 0.250 e. The van der Waals surface area contributed by atoms with E-state index in [1.165, 1.54) is 0 Å². The van der Waals surface area contributed by atoms with Crippen molar-refractivity contribution in [2.24, 2.45) is 0 Å². The smallest absolute Gasteiger partial charge is 0.250 e. The third-order valence-corrected chi connectivity index (χ3v) is 2.45. The third-order valence-electron chi connectivity index (χ3n) is 2.45. The molecule has 1 aromatic carbocycles. The van der Waals surface area contributed by atoms with Crippen LogP contribution in [0, 0.1) is 10.1 Å². The summed E-state index contributed by atoms with van der Waals surface area (Å²) in [6.45, 7) is 0.145. The highest BCUT2D eigenvalue weighted by atomic mass is 16.6. The van der Waals surface area contributed by atoms with Crippen molar-refractivity contribution in [3.05, 3.63) is 33.9 Å². The van der Waals surface area contributed by atoms with Crippen LogP contribution in [0.25, 0.3) is 0 Å². The highest BCUT2D eigenvalue weighted by Crippen LogP contribution is 2.29. The van der Waals surface area contributed by atoms with Crippen LogP contribution in [0.2, 0.25) is 0 Å². The van der Waals surface area contributed by atoms with E-state index in [1.54, 1.807) is 25.3 Å². The molecule has 1 aliphatic heterocycles. The third kappa shape index (κ3) is 1.86. The maximum atomic E-state index is 10.6. The predicted octanol–water partition coefficient (Wildman–Crippen LogP) is 1.28. The first kappa shape index (κ1) is 9.76. The van der Waals surface area contributed by atoms with Gasteiger partial charge in [-0.05, 0) is 18.2 Å². The van der Waals surface area contributed by atoms with Gasteiger partial charge in [0.05, 0.1) is 7.11 Å². The molecule has 80 valence electrons. The Kier molecular flexibility index (Phi) is 2.45. The molecule has 0 amide bonds. The molecule has 15 heavy (non-hydrogen) atoms. The Morgan fingerprint density at radius 1 is 1.60 bits per heavy atom. The van der Waals surface area contributed by atoms with E-state index in [0.717, 1.165) is 5.56 Å². The van der Waals surface area contributed by atoms with Gasteiger partial charge in [0.1, 0.15) is 11.5 Å². The number of nitro groups is 1. The Bertz CT molecular complexity index is 391. The Labute approximate surface area is 86.8 Å². The molecule has 5 heteroatoms. The van der Waals surface area contributed by atoms with Gasteiger partial charge in [-0.1, -0.05) is 0 Å². The van der Waals surface area contributed by atoms with Crippen LogP contribution in [-0.2, 0) is 6.42 Å². The van der Waals surface area contributed by atoms with Crippen LogP contribution in [0.4, 0.5) is 0 Å². The molecule has 1 heterocycles. The fourth-order valence-electron chi connectivity index (χ4n) is 1.62. The van der Waals surface area contributed by atoms with Gasteiger partial charge in [-0.25, -0.2) is 0 Å². The van der Waals surface area contributed by atoms with Crippen LogP contribution >= 0.6 is 0 Å². The fourth-order valence-corrected chi connectivity index (χ4v) is 1.62. The lowest BCUT2D eigenvalue weighted by molar-refractivity contribution is -0.525. The second-order valence-corrected chi connectivity index (χ2v) is 3.43. The summed E-state index contributed by atoms with van der Waals surface area (Å²) in [7, 11) is 1.57. The highest BCUT2D eigenvalue weighted by Gasteiger charge is 2.28. The second-order valence-electron chi connectivity index (χ2n) is 3.43. The molecule has 0 fully saturated rings. The lowest BCUT2D eigenvalue weighted by atomic mass is 10.0. The van der Waals surface area contributed by atoms with Gasteiger partial charge in [0.15, 0.2) is 6.61 Å². The second kappa shape index (κ2) is 3.76. The average molecular weight is 209 g/mol. The Hall–Kier alpha value is -1.78. The average Bonchev–Trinajstić information content (AvgIpc) is 2.27. The standard InChI is InChI=1S/C10H11NO4/c1-14-9-2-3-10-7(5-9)4-8(6-15-10)11(12)13/h2-3,5,8H,4,6H2,1H3. The molecule has 1 atom stereocenters. The van der Waals surface area contributed by atoms with E-state index in [1.807, 2.05) is 0 Å². The van der Waals surface area contributed by atoms with Gasteiger partial charge in [-0.3, -0.25) is 10.1 Å². The van der Waals surface area contributed by atoms with E-state index < -0.39 is 6.04 Å². The van der Waals surface area contributed by atoms with Gasteiger partial charge in [-0.2, -0.15) is 0 Å². The van der Waals surface area contributed by atoms with Crippen LogP contribution in [0.15, 0.2) is 18.2 Å². The Morgan fingerprint density at radius 2 is 2.40 bits per heavy atom. The van der Waals surface area contributed by atoms with E-state index >= 15 is 0 Å². The zero-order valence-corrected chi connectivity index (χ0v) is 8.30. The number of benzene rings is 1. The monoisotopic (exact) mass is 209 g/mol. The molecule has 0 radical (unpaired) electrons. The van der Waals surface area contributed by atoms with E-state index in [2.05, 4.69) is 0 Å². The van der Waals surface area contributed by atoms with Crippen molar-refractivity contribution in [2.75, 3.05) is 13.7 Å². The van der Waals surface area contributed by atoms with E-state index in [4.69, 9.17) is 9.47 Å². The fraction of sp³-hybridized carbons (Fsp3) is 0.400. The number of rotatable bonds is 2. The van der Waals surface area contributed by atoms with Gasteiger partial charge in [0, 0.05) is 16.9 Å². The molecule has 1 aromatic rings. The van der Waals surface area contributed by atoms with E-state index in [9.17, 15) is 10.1 Å². The first-order chi connectivity index (χ1) is 7.20. The van der Waals surface area contributed by atoms with Gasteiger partial charge < -0.3 is 9.47 Å². The molecule has 1 unspecified atom stereocenters. The quantitative estimate of drug-likeness (QED) is 0.543. The van der Waals surface area contributed by atoms with Crippen molar-refractivity contribution in [3.8, 4) is 11.5 Å². The first-order valence-corrected chi connectivity index (χ1v) is 4.64. The molecular formula is C10H11NO4. The van der Waals surface area contributed by atoms with Crippen LogP contribution < -0.4 is 9.47 Å². The summed E-state index contributed by atoms with van der Waals surface area (Å²) in [4.78, 5) is 10.3. The number of hydrogen-bond donors (Lipinski definition) is 0. The zero-order valence-electron chi connectivity index (χ0n) is 8.30. The summed E-state index contributed by atoms with van der Waals surface area (Å²) in [6.07, 6.45) is 0.402. The van der Waals surface area contributed by atoms with Crippen LogP contribution in [0.5, 0.6) is 11.5 Å². The normalized spacial score (nSPS) is 18.9. The lowest BCUT2D eigenvalue weighted by Crippen LogP contribution is -2.32. The van der Waals surface area contributed by atoms with Crippen molar-refractivity contribution in [2.45, 2.75) is 12.5 Å². The van der Waals surface area contributed by atoms with Crippen molar-refractivity contribution in [1.82, 2.24) is 0 Å². The first-order valence-electron chi connectivity index (χ1n) is 4.64. The van der Waals surface area contributed by atoms with Crippen LogP contribution in [0.3, 0.4) is 0 Å². The summed E-state index contributed by atoms with van der Waals surface area (Å²) < 4.78 is 10.4. The molecule has 1 aliphatic rings. The number of hydrogen-bond acceptors (Lipinski definition) is 4. The summed E-state index contributed by atoms with van der Waals surface area (Å²) in [6, 6.07) is 4.70. The molecule has 0 saturated heterocycles. The predicted molar refractivity (Wildman–Crippen MR) is 53.0 cm³/mol. The summed E-state index contributed by atoms with van der Waals surface area (Å²) in [5.74, 6) is 1.41. The molecule has 0 bridgehead atoms. The van der Waals surface area contributed by atoms with E-state index in [0.29, 0.717) is 17.9 Å². The summed E-state index contributed by atoms with van der Waals surface area (Å²) in [5.41, 5.74) is 0.835. The van der Waals surface area contributed by atoms with Gasteiger partial charge in [0.2, 0.25) is 0 Å².